The zero-order valence-corrected chi connectivity index (χ0v) is 30.7. The molecule has 10 nitrogen and oxygen atoms in total. The predicted molar refractivity (Wildman–Crippen MR) is 184 cm³/mol. The molecular weight excluding hydrogens is 720 g/mol. The number of amides is 2. The summed E-state index contributed by atoms with van der Waals surface area (Å²) in [4.78, 5) is 41.0. The van der Waals surface area contributed by atoms with Crippen LogP contribution in [-0.4, -0.2) is 74.7 Å². The van der Waals surface area contributed by atoms with Crippen LogP contribution in [0.3, 0.4) is 0 Å². The summed E-state index contributed by atoms with van der Waals surface area (Å²) >= 11 is 12.5. The van der Waals surface area contributed by atoms with Gasteiger partial charge < -0.3 is 20.7 Å². The molecule has 0 aromatic heterocycles. The van der Waals surface area contributed by atoms with Gasteiger partial charge >= 0.3 is 12.1 Å². The number of esters is 1. The van der Waals surface area contributed by atoms with Crippen LogP contribution in [0.1, 0.15) is 74.0 Å². The van der Waals surface area contributed by atoms with Crippen molar-refractivity contribution >= 4 is 50.8 Å². The topological polar surface area (TPSA) is 134 Å². The maximum Gasteiger partial charge on any atom is 0.416 e. The number of benzene rings is 2. The Morgan fingerprint density at radius 1 is 1.08 bits per heavy atom. The molecule has 2 aromatic rings. The highest BCUT2D eigenvalue weighted by Crippen LogP contribution is 2.37. The van der Waals surface area contributed by atoms with Gasteiger partial charge in [-0.25, -0.2) is 8.42 Å². The van der Waals surface area contributed by atoms with Crippen molar-refractivity contribution in [3.05, 3.63) is 62.6 Å². The quantitative estimate of drug-likeness (QED) is 0.275. The zero-order valence-electron chi connectivity index (χ0n) is 28.4. The summed E-state index contributed by atoms with van der Waals surface area (Å²) in [6.07, 6.45) is -3.26. The van der Waals surface area contributed by atoms with Crippen molar-refractivity contribution in [2.45, 2.75) is 82.8 Å². The standard InChI is InChI=1S/C34H43Cl2F3N4O6S/c1-5-50(47,48)29-9-8-23(35)13-22(29)16-41-30(44)21-14-26(34(37,38)39)25(27(36)15-21)19-43-12-6-7-20(18-43)31(45)42-28-10-11-40-17-24(28)32(46)49-33(2,3)4/h8-9,13-15,20,24,28,40H,5-7,10-12,16-19H2,1-4H3,(H,41,44)(H,42,45)/t20-,24?,28?/m0/s1. The average Bonchev–Trinajstić information content (AvgIpc) is 3.03. The van der Waals surface area contributed by atoms with Crippen molar-refractivity contribution in [3.8, 4) is 0 Å². The van der Waals surface area contributed by atoms with E-state index in [4.69, 9.17) is 27.9 Å². The Morgan fingerprint density at radius 2 is 1.80 bits per heavy atom. The molecule has 16 heteroatoms. The van der Waals surface area contributed by atoms with Gasteiger partial charge in [0.1, 0.15) is 5.60 Å². The van der Waals surface area contributed by atoms with Gasteiger partial charge in [0.15, 0.2) is 9.84 Å². The molecule has 3 N–H and O–H groups in total. The molecular formula is C34H43Cl2F3N4O6S. The minimum Gasteiger partial charge on any atom is -0.460 e. The van der Waals surface area contributed by atoms with E-state index in [1.165, 1.54) is 25.1 Å². The van der Waals surface area contributed by atoms with E-state index < -0.39 is 56.9 Å². The Morgan fingerprint density at radius 3 is 2.46 bits per heavy atom. The largest absolute Gasteiger partial charge is 0.460 e. The van der Waals surface area contributed by atoms with Crippen molar-refractivity contribution in [1.82, 2.24) is 20.9 Å². The third-order valence-electron chi connectivity index (χ3n) is 8.72. The number of carbonyl (C=O) groups is 3. The van der Waals surface area contributed by atoms with Crippen LogP contribution in [0.5, 0.6) is 0 Å². The number of piperidine rings is 2. The lowest BCUT2D eigenvalue weighted by atomic mass is 9.91. The van der Waals surface area contributed by atoms with Gasteiger partial charge in [0.25, 0.3) is 5.91 Å². The number of nitrogens with one attached hydrogen (secondary N) is 3. The molecule has 0 saturated carbocycles. The number of likely N-dealkylation sites (tertiary alicyclic amines) is 1. The minimum absolute atomic E-state index is 0.0406. The SMILES string of the molecule is CCS(=O)(=O)c1ccc(Cl)cc1CNC(=O)c1cc(Cl)c(CN2CCC[C@H](C(=O)NC3CCNCC3C(=O)OC(C)(C)C)C2)c(C(F)(F)F)c1. The number of alkyl halides is 3. The van der Waals surface area contributed by atoms with Gasteiger partial charge in [0.2, 0.25) is 5.91 Å². The first-order valence-electron chi connectivity index (χ1n) is 16.4. The lowest BCUT2D eigenvalue weighted by Gasteiger charge is -2.36. The second-order valence-electron chi connectivity index (χ2n) is 13.6. The fraction of sp³-hybridized carbons (Fsp3) is 0.559. The van der Waals surface area contributed by atoms with Gasteiger partial charge in [-0.3, -0.25) is 19.3 Å². The van der Waals surface area contributed by atoms with Crippen molar-refractivity contribution in [2.24, 2.45) is 11.8 Å². The van der Waals surface area contributed by atoms with Crippen LogP contribution in [0.25, 0.3) is 0 Å². The molecule has 50 heavy (non-hydrogen) atoms. The Kier molecular flexibility index (Phi) is 12.9. The molecule has 0 bridgehead atoms. The molecule has 4 rings (SSSR count). The van der Waals surface area contributed by atoms with E-state index in [0.717, 1.165) is 12.1 Å². The van der Waals surface area contributed by atoms with E-state index >= 15 is 0 Å². The van der Waals surface area contributed by atoms with Gasteiger partial charge in [-0.1, -0.05) is 30.1 Å². The van der Waals surface area contributed by atoms with Crippen LogP contribution in [0.2, 0.25) is 10.0 Å². The lowest BCUT2D eigenvalue weighted by molar-refractivity contribution is -0.161. The molecule has 2 heterocycles. The second-order valence-corrected chi connectivity index (χ2v) is 16.7. The van der Waals surface area contributed by atoms with E-state index in [9.17, 15) is 36.0 Å². The molecule has 0 spiro atoms. The highest BCUT2D eigenvalue weighted by Gasteiger charge is 2.39. The smallest absolute Gasteiger partial charge is 0.416 e. The predicted octanol–water partition coefficient (Wildman–Crippen LogP) is 5.38. The number of carbonyl (C=O) groups excluding carboxylic acids is 3. The molecule has 3 atom stereocenters. The first kappa shape index (κ1) is 39.9. The van der Waals surface area contributed by atoms with Crippen LogP contribution in [-0.2, 0) is 43.4 Å². The summed E-state index contributed by atoms with van der Waals surface area (Å²) in [7, 11) is -3.67. The van der Waals surface area contributed by atoms with Crippen LogP contribution in [0, 0.1) is 11.8 Å². The third-order valence-corrected chi connectivity index (χ3v) is 11.1. The first-order chi connectivity index (χ1) is 23.3. The highest BCUT2D eigenvalue weighted by molar-refractivity contribution is 7.91. The second kappa shape index (κ2) is 16.2. The highest BCUT2D eigenvalue weighted by atomic mass is 35.5. The number of hydrogen-bond acceptors (Lipinski definition) is 8. The number of halogens is 5. The Bertz CT molecular complexity index is 1700. The van der Waals surface area contributed by atoms with E-state index in [2.05, 4.69) is 16.0 Å². The van der Waals surface area contributed by atoms with Gasteiger partial charge in [-0.15, -0.1) is 0 Å². The van der Waals surface area contributed by atoms with Gasteiger partial charge in [0.05, 0.1) is 28.0 Å². The molecule has 2 unspecified atom stereocenters. The summed E-state index contributed by atoms with van der Waals surface area (Å²) in [5.74, 6) is -2.88. The Balaban J connectivity index is 1.47. The molecule has 276 valence electrons. The summed E-state index contributed by atoms with van der Waals surface area (Å²) in [5.41, 5.74) is -2.17. The summed E-state index contributed by atoms with van der Waals surface area (Å²) in [5, 5.41) is 8.60. The molecule has 2 saturated heterocycles. The average molecular weight is 764 g/mol. The molecule has 0 radical (unpaired) electrons. The van der Waals surface area contributed by atoms with Crippen molar-refractivity contribution in [3.63, 3.8) is 0 Å². The summed E-state index contributed by atoms with van der Waals surface area (Å²) in [6.45, 7) is 7.81. The van der Waals surface area contributed by atoms with Crippen LogP contribution in [0.15, 0.2) is 35.2 Å². The molecule has 2 aliphatic rings. The normalized spacial score (nSPS) is 20.6. The molecule has 2 aliphatic heterocycles. The summed E-state index contributed by atoms with van der Waals surface area (Å²) < 4.78 is 73.9. The zero-order chi connectivity index (χ0) is 37.0. The minimum atomic E-state index is -4.86. The maximum atomic E-state index is 14.4. The van der Waals surface area contributed by atoms with Crippen molar-refractivity contribution in [2.75, 3.05) is 31.9 Å². The van der Waals surface area contributed by atoms with Crippen LogP contribution >= 0.6 is 23.2 Å². The Labute approximate surface area is 300 Å². The van der Waals surface area contributed by atoms with Gasteiger partial charge in [-0.2, -0.15) is 13.2 Å². The lowest BCUT2D eigenvalue weighted by Crippen LogP contribution is -2.55. The third kappa shape index (κ3) is 10.3. The van der Waals surface area contributed by atoms with Crippen molar-refractivity contribution < 1.29 is 40.7 Å². The van der Waals surface area contributed by atoms with E-state index in [-0.39, 0.29) is 62.9 Å². The number of sulfone groups is 1. The molecule has 2 amide bonds. The fourth-order valence-electron chi connectivity index (χ4n) is 6.20. The van der Waals surface area contributed by atoms with E-state index in [1.54, 1.807) is 25.7 Å². The van der Waals surface area contributed by atoms with Crippen molar-refractivity contribution in [1.29, 1.82) is 0 Å². The monoisotopic (exact) mass is 762 g/mol. The van der Waals surface area contributed by atoms with Gasteiger partial charge in [0, 0.05) is 47.8 Å². The number of nitrogens with zero attached hydrogens (tertiary/aromatic N) is 1. The van der Waals surface area contributed by atoms with Crippen LogP contribution in [0.4, 0.5) is 13.2 Å². The maximum absolute atomic E-state index is 14.4. The molecule has 2 aromatic carbocycles. The van der Waals surface area contributed by atoms with E-state index in [0.29, 0.717) is 38.9 Å². The first-order valence-corrected chi connectivity index (χ1v) is 18.8. The number of ether oxygens (including phenoxy) is 1. The van der Waals surface area contributed by atoms with Gasteiger partial charge in [-0.05, 0) is 94.6 Å². The molecule has 0 aliphatic carbocycles. The molecule has 2 fully saturated rings. The number of rotatable bonds is 10. The fourth-order valence-corrected chi connectivity index (χ4v) is 7.79. The number of hydrogen-bond donors (Lipinski definition) is 3. The van der Waals surface area contributed by atoms with E-state index in [1.807, 2.05) is 0 Å². The Hall–Kier alpha value is -2.91. The summed E-state index contributed by atoms with van der Waals surface area (Å²) in [6, 6.07) is 5.52. The van der Waals surface area contributed by atoms with Crippen LogP contribution < -0.4 is 16.0 Å².